The quantitative estimate of drug-likeness (QED) is 0.469. The van der Waals surface area contributed by atoms with Gasteiger partial charge in [-0.3, -0.25) is 4.90 Å². The second-order valence-electron chi connectivity index (χ2n) is 10.0. The molecule has 4 rings (SSSR count). The average Bonchev–Trinajstić information content (AvgIpc) is 3.35. The van der Waals surface area contributed by atoms with Gasteiger partial charge in [-0.2, -0.15) is 0 Å². The molecule has 2 aromatic carbocycles. The maximum Gasteiger partial charge on any atom is 0.118 e. The normalized spacial score (nSPS) is 21.3. The molecule has 1 fully saturated rings. The van der Waals surface area contributed by atoms with Crippen molar-refractivity contribution < 1.29 is 4.74 Å². The summed E-state index contributed by atoms with van der Waals surface area (Å²) in [5.74, 6) is 1.68. The van der Waals surface area contributed by atoms with Gasteiger partial charge in [-0.1, -0.05) is 60.5 Å². The van der Waals surface area contributed by atoms with Gasteiger partial charge in [-0.05, 0) is 88.2 Å². The summed E-state index contributed by atoms with van der Waals surface area (Å²) in [6.45, 7) is 14.0. The molecule has 3 nitrogen and oxygen atoms in total. The molecule has 0 aromatic heterocycles. The van der Waals surface area contributed by atoms with E-state index >= 15 is 0 Å². The largest absolute Gasteiger partial charge is 0.497 e. The lowest BCUT2D eigenvalue weighted by atomic mass is 10.0. The molecule has 33 heavy (non-hydrogen) atoms. The van der Waals surface area contributed by atoms with E-state index in [0.29, 0.717) is 0 Å². The number of aryl methyl sites for hydroxylation is 1. The average molecular weight is 449 g/mol. The predicted molar refractivity (Wildman–Crippen MR) is 141 cm³/mol. The summed E-state index contributed by atoms with van der Waals surface area (Å²) in [4.78, 5) is 5.14. The fraction of sp³-hybridized carbons (Fsp3) is 0.533. The molecule has 1 saturated heterocycles. The highest BCUT2D eigenvalue weighted by Gasteiger charge is 2.13. The zero-order valence-corrected chi connectivity index (χ0v) is 21.4. The van der Waals surface area contributed by atoms with Crippen LogP contribution in [0.25, 0.3) is 0 Å². The van der Waals surface area contributed by atoms with Crippen LogP contribution in [0.5, 0.6) is 5.75 Å². The van der Waals surface area contributed by atoms with Crippen LogP contribution >= 0.6 is 0 Å². The molecule has 0 N–H and O–H groups in total. The SMILES string of the molecule is COc1ccc(CN2CC/C(C)=C\CC(C)C2)cc1.Cc1ccc(CCN2CCCC2)cc1. The summed E-state index contributed by atoms with van der Waals surface area (Å²) < 4.78 is 5.21. The van der Waals surface area contributed by atoms with E-state index in [-0.39, 0.29) is 0 Å². The molecule has 0 amide bonds. The van der Waals surface area contributed by atoms with Crippen LogP contribution in [0.3, 0.4) is 0 Å². The van der Waals surface area contributed by atoms with Gasteiger partial charge in [-0.25, -0.2) is 0 Å². The Morgan fingerprint density at radius 3 is 2.18 bits per heavy atom. The van der Waals surface area contributed by atoms with Crippen LogP contribution in [-0.2, 0) is 13.0 Å². The third-order valence-electron chi connectivity index (χ3n) is 6.86. The zero-order valence-electron chi connectivity index (χ0n) is 21.4. The van der Waals surface area contributed by atoms with Crippen LogP contribution in [0.4, 0.5) is 0 Å². The standard InChI is InChI=1S/C17H25NO.C13H19N/c1-14-4-5-15(2)12-18(11-10-14)13-16-6-8-17(19-3)9-7-16;1-12-4-6-13(7-5-12)8-11-14-9-2-3-10-14/h4,6-9,15H,5,10-13H2,1-3H3;4-7H,2-3,8-11H2,1H3/b14-4-;. The molecule has 1 atom stereocenters. The van der Waals surface area contributed by atoms with Crippen molar-refractivity contribution >= 4 is 0 Å². The van der Waals surface area contributed by atoms with Crippen LogP contribution < -0.4 is 4.74 Å². The number of allylic oxidation sites excluding steroid dienone is 1. The van der Waals surface area contributed by atoms with Gasteiger partial charge in [-0.15, -0.1) is 0 Å². The summed E-state index contributed by atoms with van der Waals surface area (Å²) in [6.07, 6.45) is 8.82. The molecule has 0 saturated carbocycles. The minimum absolute atomic E-state index is 0.744. The number of nitrogens with zero attached hydrogens (tertiary/aromatic N) is 2. The van der Waals surface area contributed by atoms with Crippen molar-refractivity contribution in [3.05, 3.63) is 76.9 Å². The molecule has 0 spiro atoms. The Hall–Kier alpha value is -2.10. The Balaban J connectivity index is 0.000000194. The highest BCUT2D eigenvalue weighted by atomic mass is 16.5. The van der Waals surface area contributed by atoms with E-state index in [0.717, 1.165) is 18.2 Å². The van der Waals surface area contributed by atoms with Crippen molar-refractivity contribution in [2.45, 2.75) is 59.4 Å². The van der Waals surface area contributed by atoms with Gasteiger partial charge in [0.15, 0.2) is 0 Å². The van der Waals surface area contributed by atoms with E-state index < -0.39 is 0 Å². The first-order chi connectivity index (χ1) is 16.0. The van der Waals surface area contributed by atoms with Crippen molar-refractivity contribution in [2.24, 2.45) is 5.92 Å². The van der Waals surface area contributed by atoms with E-state index in [1.807, 2.05) is 12.1 Å². The van der Waals surface area contributed by atoms with Crippen molar-refractivity contribution in [1.29, 1.82) is 0 Å². The Bertz CT molecular complexity index is 835. The lowest BCUT2D eigenvalue weighted by Crippen LogP contribution is -2.30. The molecular weight excluding hydrogens is 404 g/mol. The van der Waals surface area contributed by atoms with Crippen LogP contribution in [0.1, 0.15) is 56.2 Å². The van der Waals surface area contributed by atoms with Crippen molar-refractivity contribution in [1.82, 2.24) is 9.80 Å². The van der Waals surface area contributed by atoms with Crippen LogP contribution in [0.15, 0.2) is 60.2 Å². The molecular formula is C30H44N2O. The summed E-state index contributed by atoms with van der Waals surface area (Å²) in [6, 6.07) is 17.4. The van der Waals surface area contributed by atoms with Gasteiger partial charge in [0.2, 0.25) is 0 Å². The maximum atomic E-state index is 5.21. The molecule has 0 bridgehead atoms. The maximum absolute atomic E-state index is 5.21. The van der Waals surface area contributed by atoms with Gasteiger partial charge in [0.1, 0.15) is 5.75 Å². The van der Waals surface area contributed by atoms with Gasteiger partial charge in [0.25, 0.3) is 0 Å². The van der Waals surface area contributed by atoms with E-state index in [4.69, 9.17) is 4.74 Å². The summed E-state index contributed by atoms with van der Waals surface area (Å²) >= 11 is 0. The second-order valence-corrected chi connectivity index (χ2v) is 10.0. The fourth-order valence-electron chi connectivity index (χ4n) is 4.63. The van der Waals surface area contributed by atoms with E-state index in [1.54, 1.807) is 7.11 Å². The molecule has 180 valence electrons. The van der Waals surface area contributed by atoms with Gasteiger partial charge in [0, 0.05) is 26.2 Å². The van der Waals surface area contributed by atoms with E-state index in [1.165, 1.54) is 87.1 Å². The third kappa shape index (κ3) is 9.35. The van der Waals surface area contributed by atoms with Crippen molar-refractivity contribution in [2.75, 3.05) is 39.8 Å². The lowest BCUT2D eigenvalue weighted by Gasteiger charge is -2.27. The molecule has 3 heteroatoms. The molecule has 2 aromatic rings. The molecule has 0 aliphatic carbocycles. The monoisotopic (exact) mass is 448 g/mol. The van der Waals surface area contributed by atoms with Gasteiger partial charge in [0.05, 0.1) is 7.11 Å². The minimum Gasteiger partial charge on any atom is -0.497 e. The van der Waals surface area contributed by atoms with Crippen molar-refractivity contribution in [3.8, 4) is 5.75 Å². The summed E-state index contributed by atoms with van der Waals surface area (Å²) in [5, 5.41) is 0. The molecule has 2 aliphatic rings. The number of benzene rings is 2. The third-order valence-corrected chi connectivity index (χ3v) is 6.86. The minimum atomic E-state index is 0.744. The van der Waals surface area contributed by atoms with E-state index in [9.17, 15) is 0 Å². The fourth-order valence-corrected chi connectivity index (χ4v) is 4.63. The van der Waals surface area contributed by atoms with E-state index in [2.05, 4.69) is 73.0 Å². The Labute approximate surface area is 202 Å². The van der Waals surface area contributed by atoms with Crippen LogP contribution in [0, 0.1) is 12.8 Å². The first kappa shape index (κ1) is 25.5. The Morgan fingerprint density at radius 2 is 1.52 bits per heavy atom. The zero-order chi connectivity index (χ0) is 23.5. The van der Waals surface area contributed by atoms with Crippen molar-refractivity contribution in [3.63, 3.8) is 0 Å². The number of hydrogen-bond acceptors (Lipinski definition) is 3. The van der Waals surface area contributed by atoms with Gasteiger partial charge >= 0.3 is 0 Å². The number of ether oxygens (including phenoxy) is 1. The highest BCUT2D eigenvalue weighted by Crippen LogP contribution is 2.18. The number of hydrogen-bond donors (Lipinski definition) is 0. The second kappa shape index (κ2) is 13.6. The molecule has 2 heterocycles. The van der Waals surface area contributed by atoms with Gasteiger partial charge < -0.3 is 9.64 Å². The molecule has 2 aliphatic heterocycles. The number of rotatable bonds is 6. The number of methoxy groups -OCH3 is 1. The lowest BCUT2D eigenvalue weighted by molar-refractivity contribution is 0.228. The van der Waals surface area contributed by atoms with Crippen LogP contribution in [0.2, 0.25) is 0 Å². The van der Waals surface area contributed by atoms with Crippen LogP contribution in [-0.4, -0.2) is 49.6 Å². The molecule has 0 radical (unpaired) electrons. The summed E-state index contributed by atoms with van der Waals surface area (Å²) in [5.41, 5.74) is 5.74. The highest BCUT2D eigenvalue weighted by molar-refractivity contribution is 5.27. The predicted octanol–water partition coefficient (Wildman–Crippen LogP) is 6.51. The summed E-state index contributed by atoms with van der Waals surface area (Å²) in [7, 11) is 1.71. The smallest absolute Gasteiger partial charge is 0.118 e. The first-order valence-corrected chi connectivity index (χ1v) is 12.8. The molecule has 1 unspecified atom stereocenters. The topological polar surface area (TPSA) is 15.7 Å². The Morgan fingerprint density at radius 1 is 0.848 bits per heavy atom. The first-order valence-electron chi connectivity index (χ1n) is 12.8. The number of likely N-dealkylation sites (tertiary alicyclic amines) is 1. The Kier molecular flexibility index (Phi) is 10.5.